The molecule has 0 saturated carbocycles. The van der Waals surface area contributed by atoms with Crippen molar-refractivity contribution in [2.75, 3.05) is 45.2 Å². The fourth-order valence-electron chi connectivity index (χ4n) is 4.29. The number of hydrogen-bond donors (Lipinski definition) is 0. The average molecular weight is 402 g/mol. The highest BCUT2D eigenvalue weighted by molar-refractivity contribution is 5.97. The van der Waals surface area contributed by atoms with E-state index in [0.29, 0.717) is 0 Å². The van der Waals surface area contributed by atoms with Crippen LogP contribution in [0.15, 0.2) is 60.7 Å². The maximum absolute atomic E-state index is 13.5. The number of benzene rings is 3. The van der Waals surface area contributed by atoms with Gasteiger partial charge >= 0.3 is 0 Å². The van der Waals surface area contributed by atoms with E-state index in [1.54, 1.807) is 0 Å². The topological polar surface area (TPSA) is 26.8 Å². The van der Waals surface area contributed by atoms with Gasteiger partial charge in [0.25, 0.3) is 5.91 Å². The smallest absolute Gasteiger partial charge is 0.254 e. The van der Waals surface area contributed by atoms with Gasteiger partial charge in [-0.1, -0.05) is 48.5 Å². The average Bonchev–Trinajstić information content (AvgIpc) is 2.78. The molecule has 4 heteroatoms. The van der Waals surface area contributed by atoms with Crippen LogP contribution >= 0.6 is 0 Å². The van der Waals surface area contributed by atoms with Crippen LogP contribution in [0.25, 0.3) is 10.8 Å². The van der Waals surface area contributed by atoms with Gasteiger partial charge in [-0.25, -0.2) is 0 Å². The highest BCUT2D eigenvalue weighted by Gasteiger charge is 2.23. The molecule has 0 aromatic heterocycles. The second-order valence-corrected chi connectivity index (χ2v) is 8.45. The molecule has 1 saturated heterocycles. The van der Waals surface area contributed by atoms with Gasteiger partial charge in [0, 0.05) is 44.5 Å². The largest absolute Gasteiger partial charge is 0.369 e. The van der Waals surface area contributed by atoms with Crippen molar-refractivity contribution in [2.45, 2.75) is 19.9 Å². The summed E-state index contributed by atoms with van der Waals surface area (Å²) in [6.45, 7) is 8.23. The Balaban J connectivity index is 1.61. The fraction of sp³-hybridized carbons (Fsp3) is 0.346. The summed E-state index contributed by atoms with van der Waals surface area (Å²) in [6.07, 6.45) is 0. The highest BCUT2D eigenvalue weighted by atomic mass is 16.2. The molecule has 1 heterocycles. The molecule has 4 rings (SSSR count). The lowest BCUT2D eigenvalue weighted by Crippen LogP contribution is -2.44. The number of aryl methyl sites for hydroxylation is 1. The van der Waals surface area contributed by atoms with E-state index in [4.69, 9.17) is 0 Å². The SMILES string of the molecule is Cc1ccc(N2CCN(C)CC2)cc1C(=O)N(C)[C@H](C)c1cccc2ccccc12. The summed E-state index contributed by atoms with van der Waals surface area (Å²) in [5.41, 5.74) is 4.14. The molecule has 0 radical (unpaired) electrons. The van der Waals surface area contributed by atoms with E-state index in [0.717, 1.165) is 43.0 Å². The Bertz CT molecular complexity index is 1050. The van der Waals surface area contributed by atoms with Gasteiger partial charge in [-0.15, -0.1) is 0 Å². The first kappa shape index (κ1) is 20.4. The van der Waals surface area contributed by atoms with Gasteiger partial charge in [-0.05, 0) is 54.9 Å². The number of rotatable bonds is 4. The van der Waals surface area contributed by atoms with Crippen LogP contribution in [-0.4, -0.2) is 56.0 Å². The van der Waals surface area contributed by atoms with Crippen molar-refractivity contribution >= 4 is 22.4 Å². The van der Waals surface area contributed by atoms with E-state index in [1.165, 1.54) is 16.3 Å². The standard InChI is InChI=1S/C26H31N3O/c1-19-12-13-22(29-16-14-27(3)15-17-29)18-25(19)26(30)28(4)20(2)23-11-7-9-21-8-5-6-10-24(21)23/h5-13,18,20H,14-17H2,1-4H3/t20-/m1/s1. The first-order valence-corrected chi connectivity index (χ1v) is 10.7. The Hall–Kier alpha value is -2.85. The van der Waals surface area contributed by atoms with Crippen molar-refractivity contribution in [3.8, 4) is 0 Å². The summed E-state index contributed by atoms with van der Waals surface area (Å²) < 4.78 is 0. The highest BCUT2D eigenvalue weighted by Crippen LogP contribution is 2.29. The molecule has 156 valence electrons. The minimum absolute atomic E-state index is 0.0182. The van der Waals surface area contributed by atoms with Crippen LogP contribution in [-0.2, 0) is 0 Å². The predicted molar refractivity (Wildman–Crippen MR) is 125 cm³/mol. The van der Waals surface area contributed by atoms with Gasteiger partial charge in [0.2, 0.25) is 0 Å². The Morgan fingerprint density at radius 3 is 2.43 bits per heavy atom. The maximum Gasteiger partial charge on any atom is 0.254 e. The van der Waals surface area contributed by atoms with Gasteiger partial charge in [0.1, 0.15) is 0 Å². The molecule has 0 aliphatic carbocycles. The van der Waals surface area contributed by atoms with Gasteiger partial charge in [0.05, 0.1) is 6.04 Å². The zero-order chi connectivity index (χ0) is 21.3. The molecule has 1 atom stereocenters. The number of nitrogens with zero attached hydrogens (tertiary/aromatic N) is 3. The Morgan fingerprint density at radius 1 is 0.967 bits per heavy atom. The third-order valence-corrected chi connectivity index (χ3v) is 6.49. The number of piperazine rings is 1. The first-order valence-electron chi connectivity index (χ1n) is 10.7. The second kappa shape index (κ2) is 8.49. The Labute approximate surface area is 179 Å². The zero-order valence-corrected chi connectivity index (χ0v) is 18.4. The third kappa shape index (κ3) is 3.92. The lowest BCUT2D eigenvalue weighted by Gasteiger charge is -2.34. The molecule has 1 amide bonds. The van der Waals surface area contributed by atoms with E-state index in [1.807, 2.05) is 18.9 Å². The number of likely N-dealkylation sites (N-methyl/N-ethyl adjacent to an activating group) is 1. The van der Waals surface area contributed by atoms with E-state index in [9.17, 15) is 4.79 Å². The van der Waals surface area contributed by atoms with Crippen LogP contribution in [0.2, 0.25) is 0 Å². The summed E-state index contributed by atoms with van der Waals surface area (Å²) in [6, 6.07) is 21.0. The minimum Gasteiger partial charge on any atom is -0.369 e. The lowest BCUT2D eigenvalue weighted by atomic mass is 9.98. The number of anilines is 1. The summed E-state index contributed by atoms with van der Waals surface area (Å²) in [5, 5.41) is 2.41. The Morgan fingerprint density at radius 2 is 1.67 bits per heavy atom. The van der Waals surface area contributed by atoms with Crippen LogP contribution in [0.3, 0.4) is 0 Å². The predicted octanol–water partition coefficient (Wildman–Crippen LogP) is 4.73. The normalized spacial score (nSPS) is 15.9. The first-order chi connectivity index (χ1) is 14.5. The molecular formula is C26H31N3O. The number of carbonyl (C=O) groups is 1. The van der Waals surface area contributed by atoms with E-state index in [2.05, 4.69) is 84.4 Å². The summed E-state index contributed by atoms with van der Waals surface area (Å²) >= 11 is 0. The summed E-state index contributed by atoms with van der Waals surface area (Å²) in [7, 11) is 4.07. The molecule has 4 nitrogen and oxygen atoms in total. The van der Waals surface area contributed by atoms with Gasteiger partial charge < -0.3 is 14.7 Å². The molecular weight excluding hydrogens is 370 g/mol. The number of hydrogen-bond acceptors (Lipinski definition) is 3. The van der Waals surface area contributed by atoms with Crippen molar-refractivity contribution < 1.29 is 4.79 Å². The second-order valence-electron chi connectivity index (χ2n) is 8.45. The van der Waals surface area contributed by atoms with Crippen molar-refractivity contribution in [1.82, 2.24) is 9.80 Å². The molecule has 0 bridgehead atoms. The van der Waals surface area contributed by atoms with Gasteiger partial charge in [-0.2, -0.15) is 0 Å². The fourth-order valence-corrected chi connectivity index (χ4v) is 4.29. The molecule has 0 unspecified atom stereocenters. The van der Waals surface area contributed by atoms with Crippen molar-refractivity contribution in [1.29, 1.82) is 0 Å². The molecule has 3 aromatic rings. The van der Waals surface area contributed by atoms with E-state index >= 15 is 0 Å². The maximum atomic E-state index is 13.5. The van der Waals surface area contributed by atoms with Crippen LogP contribution in [0.1, 0.15) is 34.5 Å². The van der Waals surface area contributed by atoms with Gasteiger partial charge in [0.15, 0.2) is 0 Å². The molecule has 1 aliphatic rings. The molecule has 30 heavy (non-hydrogen) atoms. The molecule has 1 fully saturated rings. The van der Waals surface area contributed by atoms with Crippen LogP contribution in [0, 0.1) is 6.92 Å². The molecule has 3 aromatic carbocycles. The lowest BCUT2D eigenvalue weighted by molar-refractivity contribution is 0.0743. The monoisotopic (exact) mass is 401 g/mol. The van der Waals surface area contributed by atoms with Crippen molar-refractivity contribution in [3.05, 3.63) is 77.4 Å². The van der Waals surface area contributed by atoms with E-state index in [-0.39, 0.29) is 11.9 Å². The number of carbonyl (C=O) groups excluding carboxylic acids is 1. The molecule has 0 spiro atoms. The molecule has 0 N–H and O–H groups in total. The van der Waals surface area contributed by atoms with Gasteiger partial charge in [-0.3, -0.25) is 4.79 Å². The number of fused-ring (bicyclic) bond motifs is 1. The van der Waals surface area contributed by atoms with Crippen molar-refractivity contribution in [2.24, 2.45) is 0 Å². The third-order valence-electron chi connectivity index (χ3n) is 6.49. The quantitative estimate of drug-likeness (QED) is 0.632. The molecule has 1 aliphatic heterocycles. The van der Waals surface area contributed by atoms with Crippen molar-refractivity contribution in [3.63, 3.8) is 0 Å². The van der Waals surface area contributed by atoms with E-state index < -0.39 is 0 Å². The summed E-state index contributed by atoms with van der Waals surface area (Å²) in [4.78, 5) is 20.1. The minimum atomic E-state index is -0.0182. The zero-order valence-electron chi connectivity index (χ0n) is 18.4. The summed E-state index contributed by atoms with van der Waals surface area (Å²) in [5.74, 6) is 0.0731. The van der Waals surface area contributed by atoms with Crippen LogP contribution < -0.4 is 4.90 Å². The Kier molecular flexibility index (Phi) is 5.78. The van der Waals surface area contributed by atoms with Crippen LogP contribution in [0.4, 0.5) is 5.69 Å². The van der Waals surface area contributed by atoms with Crippen LogP contribution in [0.5, 0.6) is 0 Å². The number of amides is 1.